The third-order valence-corrected chi connectivity index (χ3v) is 5.29. The van der Waals surface area contributed by atoms with Gasteiger partial charge in [0.25, 0.3) is 5.52 Å². The Morgan fingerprint density at radius 2 is 1.22 bits per heavy atom. The minimum Gasteiger partial charge on any atom is -0.408 e. The van der Waals surface area contributed by atoms with Crippen LogP contribution in [0.4, 0.5) is 8.78 Å². The van der Waals surface area contributed by atoms with Gasteiger partial charge in [-0.3, -0.25) is 4.79 Å². The monoisotopic (exact) mass is 388 g/mol. The highest BCUT2D eigenvalue weighted by Gasteiger charge is 2.40. The summed E-state index contributed by atoms with van der Waals surface area (Å²) in [5.74, 6) is -2.52. The third-order valence-electron chi connectivity index (χ3n) is 3.66. The van der Waals surface area contributed by atoms with Crippen molar-refractivity contribution in [3.05, 3.63) is 95.6 Å². The van der Waals surface area contributed by atoms with E-state index in [4.69, 9.17) is 9.05 Å². The van der Waals surface area contributed by atoms with E-state index in [2.05, 4.69) is 0 Å². The highest BCUT2D eigenvalue weighted by atomic mass is 31.2. The normalized spacial score (nSPS) is 11.1. The molecule has 0 radical (unpaired) electrons. The Morgan fingerprint density at radius 3 is 1.67 bits per heavy atom. The molecule has 0 amide bonds. The van der Waals surface area contributed by atoms with Crippen LogP contribution in [0.2, 0.25) is 0 Å². The summed E-state index contributed by atoms with van der Waals surface area (Å²) in [6.07, 6.45) is 0. The fourth-order valence-corrected chi connectivity index (χ4v) is 3.73. The number of benzene rings is 3. The summed E-state index contributed by atoms with van der Waals surface area (Å²) >= 11 is 0. The van der Waals surface area contributed by atoms with E-state index in [-0.39, 0.29) is 5.56 Å². The van der Waals surface area contributed by atoms with Crippen molar-refractivity contribution in [2.45, 2.75) is 6.92 Å². The first-order valence-corrected chi connectivity index (χ1v) is 9.53. The van der Waals surface area contributed by atoms with Crippen LogP contribution in [0.1, 0.15) is 15.9 Å². The SMILES string of the molecule is Cc1ccc(C(=O)P(=O)(Oc2ccccc2F)Oc2ccccc2F)cc1. The number of rotatable bonds is 6. The highest BCUT2D eigenvalue weighted by molar-refractivity contribution is 7.73. The van der Waals surface area contributed by atoms with E-state index in [9.17, 15) is 18.1 Å². The molecule has 0 aliphatic heterocycles. The topological polar surface area (TPSA) is 52.6 Å². The van der Waals surface area contributed by atoms with Gasteiger partial charge in [0.05, 0.1) is 0 Å². The van der Waals surface area contributed by atoms with E-state index in [1.807, 2.05) is 6.92 Å². The van der Waals surface area contributed by atoms with Crippen LogP contribution in [0.15, 0.2) is 72.8 Å². The van der Waals surface area contributed by atoms with Crippen molar-refractivity contribution in [1.82, 2.24) is 0 Å². The molecule has 0 unspecified atom stereocenters. The molecule has 0 atom stereocenters. The Morgan fingerprint density at radius 1 is 0.778 bits per heavy atom. The molecule has 27 heavy (non-hydrogen) atoms. The smallest absolute Gasteiger partial charge is 0.408 e. The molecule has 3 aromatic carbocycles. The van der Waals surface area contributed by atoms with Gasteiger partial charge in [0.1, 0.15) is 0 Å². The molecule has 0 saturated heterocycles. The third kappa shape index (κ3) is 4.23. The molecule has 0 fully saturated rings. The summed E-state index contributed by atoms with van der Waals surface area (Å²) in [4.78, 5) is 12.9. The van der Waals surface area contributed by atoms with Crippen LogP contribution in [0.25, 0.3) is 0 Å². The standard InChI is InChI=1S/C20H15F2O4P/c1-14-10-12-15(13-11-14)20(23)27(24,25-18-8-4-2-6-16(18)21)26-19-9-5-3-7-17(19)22/h2-13H,1H3. The second-order valence-electron chi connectivity index (χ2n) is 5.71. The zero-order valence-electron chi connectivity index (χ0n) is 14.3. The summed E-state index contributed by atoms with van der Waals surface area (Å²) in [5.41, 5.74) is -0.0861. The Kier molecular flexibility index (Phi) is 5.38. The van der Waals surface area contributed by atoms with Crippen LogP contribution in [0, 0.1) is 18.6 Å². The van der Waals surface area contributed by atoms with Gasteiger partial charge >= 0.3 is 7.60 Å². The molecule has 0 aliphatic carbocycles. The first-order valence-electron chi connectivity index (χ1n) is 7.99. The minimum atomic E-state index is -4.66. The Balaban J connectivity index is 2.03. The molecule has 0 aromatic heterocycles. The predicted octanol–water partition coefficient (Wildman–Crippen LogP) is 5.76. The van der Waals surface area contributed by atoms with Crippen LogP contribution in [-0.4, -0.2) is 5.52 Å². The van der Waals surface area contributed by atoms with Crippen LogP contribution in [0.3, 0.4) is 0 Å². The van der Waals surface area contributed by atoms with Crippen molar-refractivity contribution in [3.63, 3.8) is 0 Å². The molecule has 0 saturated carbocycles. The van der Waals surface area contributed by atoms with Gasteiger partial charge in [0, 0.05) is 5.56 Å². The van der Waals surface area contributed by atoms with Crippen LogP contribution >= 0.6 is 7.60 Å². The van der Waals surface area contributed by atoms with Gasteiger partial charge in [-0.15, -0.1) is 0 Å². The van der Waals surface area contributed by atoms with Crippen LogP contribution in [0.5, 0.6) is 11.5 Å². The molecular formula is C20H15F2O4P. The highest BCUT2D eigenvalue weighted by Crippen LogP contribution is 2.52. The zero-order valence-corrected chi connectivity index (χ0v) is 15.2. The van der Waals surface area contributed by atoms with Gasteiger partial charge in [-0.2, -0.15) is 0 Å². The van der Waals surface area contributed by atoms with Crippen LogP contribution in [-0.2, 0) is 4.57 Å². The summed E-state index contributed by atoms with van der Waals surface area (Å²) in [7, 11) is -4.66. The molecule has 0 N–H and O–H groups in total. The molecule has 7 heteroatoms. The van der Waals surface area contributed by atoms with Crippen molar-refractivity contribution >= 4 is 13.1 Å². The van der Waals surface area contributed by atoms with Crippen molar-refractivity contribution in [2.24, 2.45) is 0 Å². The lowest BCUT2D eigenvalue weighted by atomic mass is 10.2. The van der Waals surface area contributed by atoms with Gasteiger partial charge in [0.2, 0.25) is 0 Å². The molecule has 3 aromatic rings. The second-order valence-corrected chi connectivity index (χ2v) is 7.48. The molecule has 0 bridgehead atoms. The first-order chi connectivity index (χ1) is 12.9. The molecule has 138 valence electrons. The molecule has 3 rings (SSSR count). The number of aryl methyl sites for hydroxylation is 1. The fraction of sp³-hybridized carbons (Fsp3) is 0.0500. The van der Waals surface area contributed by atoms with Crippen molar-refractivity contribution in [3.8, 4) is 11.5 Å². The van der Waals surface area contributed by atoms with Crippen molar-refractivity contribution < 1.29 is 27.2 Å². The Bertz CT molecular complexity index is 967. The molecule has 0 spiro atoms. The van der Waals surface area contributed by atoms with E-state index < -0.39 is 36.3 Å². The van der Waals surface area contributed by atoms with E-state index in [1.54, 1.807) is 12.1 Å². The van der Waals surface area contributed by atoms with Gasteiger partial charge in [0.15, 0.2) is 23.1 Å². The van der Waals surface area contributed by atoms with Crippen molar-refractivity contribution in [2.75, 3.05) is 0 Å². The minimum absolute atomic E-state index is 0.0385. The quantitative estimate of drug-likeness (QED) is 0.504. The second kappa shape index (κ2) is 7.72. The van der Waals surface area contributed by atoms with Crippen LogP contribution < -0.4 is 9.05 Å². The van der Waals surface area contributed by atoms with E-state index in [0.717, 1.165) is 17.7 Å². The van der Waals surface area contributed by atoms with Crippen molar-refractivity contribution in [1.29, 1.82) is 0 Å². The first kappa shape index (κ1) is 18.8. The lowest BCUT2D eigenvalue weighted by Crippen LogP contribution is -2.13. The average Bonchev–Trinajstić information content (AvgIpc) is 2.66. The number of para-hydroxylation sites is 2. The van der Waals surface area contributed by atoms with E-state index >= 15 is 0 Å². The summed E-state index contributed by atoms with van der Waals surface area (Å²) in [6, 6.07) is 16.5. The number of carbonyl (C=O) groups excluding carboxylic acids is 1. The fourth-order valence-electron chi connectivity index (χ4n) is 2.25. The lowest BCUT2D eigenvalue weighted by molar-refractivity contribution is 0.104. The van der Waals surface area contributed by atoms with Gasteiger partial charge < -0.3 is 9.05 Å². The predicted molar refractivity (Wildman–Crippen MR) is 97.2 cm³/mol. The molecule has 0 aliphatic rings. The summed E-state index contributed by atoms with van der Waals surface area (Å²) in [6.45, 7) is 1.82. The van der Waals surface area contributed by atoms with Gasteiger partial charge in [-0.05, 0) is 31.2 Å². The molecular weight excluding hydrogens is 373 g/mol. The number of hydrogen-bond acceptors (Lipinski definition) is 4. The maximum atomic E-state index is 14.0. The number of hydrogen-bond donors (Lipinski definition) is 0. The largest absolute Gasteiger partial charge is 0.503 e. The van der Waals surface area contributed by atoms with E-state index in [1.165, 1.54) is 48.5 Å². The summed E-state index contributed by atoms with van der Waals surface area (Å²) in [5, 5.41) is 0. The average molecular weight is 388 g/mol. The summed E-state index contributed by atoms with van der Waals surface area (Å²) < 4.78 is 51.6. The number of carbonyl (C=O) groups is 1. The Hall–Kier alpha value is -2.98. The van der Waals surface area contributed by atoms with Gasteiger partial charge in [-0.1, -0.05) is 54.1 Å². The number of halogens is 2. The maximum absolute atomic E-state index is 14.0. The molecule has 4 nitrogen and oxygen atoms in total. The molecule has 0 heterocycles. The maximum Gasteiger partial charge on any atom is 0.503 e. The van der Waals surface area contributed by atoms with E-state index in [0.29, 0.717) is 0 Å². The lowest BCUT2D eigenvalue weighted by Gasteiger charge is -2.19. The Labute approximate surface area is 154 Å². The van der Waals surface area contributed by atoms with Gasteiger partial charge in [-0.25, -0.2) is 13.3 Å². The zero-order chi connectivity index (χ0) is 19.4.